The predicted octanol–water partition coefficient (Wildman–Crippen LogP) is -1.17. The second kappa shape index (κ2) is 2.79. The third-order valence-corrected chi connectivity index (χ3v) is 1.48. The van der Waals surface area contributed by atoms with Crippen LogP contribution in [-0.2, 0) is 9.59 Å². The van der Waals surface area contributed by atoms with Crippen LogP contribution in [0.15, 0.2) is 0 Å². The molecule has 0 aromatic rings. The summed E-state index contributed by atoms with van der Waals surface area (Å²) in [6.07, 6.45) is 0.315. The average molecular weight is 143 g/mol. The average Bonchev–Trinajstić information content (AvgIpc) is 2.13. The van der Waals surface area contributed by atoms with Gasteiger partial charge in [-0.05, 0) is 6.42 Å². The Bertz CT molecular complexity index is 166. The Kier molecular flexibility index (Phi) is 2.01. The zero-order valence-electron chi connectivity index (χ0n) is 5.46. The fourth-order valence-corrected chi connectivity index (χ4v) is 0.970. The Labute approximate surface area is 58.2 Å². The molecule has 1 aliphatic heterocycles. The highest BCUT2D eigenvalue weighted by molar-refractivity contribution is 6.07. The minimum Gasteiger partial charge on any atom is -0.396 e. The van der Waals surface area contributed by atoms with E-state index in [9.17, 15) is 9.59 Å². The van der Waals surface area contributed by atoms with Crippen molar-refractivity contribution in [3.05, 3.63) is 0 Å². The zero-order valence-corrected chi connectivity index (χ0v) is 5.46. The van der Waals surface area contributed by atoms with Crippen LogP contribution in [0, 0.1) is 0 Å². The van der Waals surface area contributed by atoms with Crippen molar-refractivity contribution in [2.45, 2.75) is 18.9 Å². The molecule has 10 heavy (non-hydrogen) atoms. The summed E-state index contributed by atoms with van der Waals surface area (Å²) in [5.41, 5.74) is 0. The minimum absolute atomic E-state index is 0.0231. The number of carbonyl (C=O) groups is 2. The molecule has 56 valence electrons. The molecule has 1 unspecified atom stereocenters. The first-order chi connectivity index (χ1) is 4.74. The lowest BCUT2D eigenvalue weighted by molar-refractivity contribution is -0.122. The topological polar surface area (TPSA) is 66.4 Å². The fraction of sp³-hybridized carbons (Fsp3) is 0.667. The molecule has 1 saturated heterocycles. The number of aliphatic hydroxyl groups excluding tert-OH is 1. The minimum atomic E-state index is -0.433. The van der Waals surface area contributed by atoms with Crippen molar-refractivity contribution in [2.75, 3.05) is 6.61 Å². The number of rotatable bonds is 2. The molecule has 0 spiro atoms. The van der Waals surface area contributed by atoms with Crippen molar-refractivity contribution >= 4 is 11.7 Å². The molecule has 0 aromatic heterocycles. The van der Waals surface area contributed by atoms with Crippen LogP contribution in [0.5, 0.6) is 0 Å². The summed E-state index contributed by atoms with van der Waals surface area (Å²) < 4.78 is 0. The molecule has 1 aliphatic rings. The molecule has 4 heteroatoms. The van der Waals surface area contributed by atoms with E-state index in [0.717, 1.165) is 0 Å². The molecule has 1 atom stereocenters. The van der Waals surface area contributed by atoms with Gasteiger partial charge in [-0.25, -0.2) is 0 Å². The Hall–Kier alpha value is -0.900. The molecule has 0 radical (unpaired) electrons. The molecule has 1 rings (SSSR count). The lowest BCUT2D eigenvalue weighted by Crippen LogP contribution is -2.29. The number of hydrogen-bond donors (Lipinski definition) is 2. The smallest absolute Gasteiger partial charge is 0.228 e. The van der Waals surface area contributed by atoms with Crippen LogP contribution >= 0.6 is 0 Å². The number of hydrogen-bond acceptors (Lipinski definition) is 3. The summed E-state index contributed by atoms with van der Waals surface area (Å²) in [6, 6.07) is -0.433. The van der Waals surface area contributed by atoms with Crippen LogP contribution in [-0.4, -0.2) is 29.4 Å². The molecule has 4 nitrogen and oxygen atoms in total. The predicted molar refractivity (Wildman–Crippen MR) is 33.3 cm³/mol. The molecule has 1 fully saturated rings. The lowest BCUT2D eigenvalue weighted by atomic mass is 10.1. The third kappa shape index (κ3) is 1.33. The van der Waals surface area contributed by atoms with Crippen LogP contribution < -0.4 is 5.32 Å². The van der Waals surface area contributed by atoms with Gasteiger partial charge in [0, 0.05) is 6.61 Å². The van der Waals surface area contributed by atoms with Gasteiger partial charge in [-0.3, -0.25) is 9.59 Å². The van der Waals surface area contributed by atoms with Crippen molar-refractivity contribution in [1.82, 2.24) is 5.32 Å². The number of aliphatic hydroxyl groups is 1. The van der Waals surface area contributed by atoms with Gasteiger partial charge in [0.05, 0.1) is 12.5 Å². The second-order valence-corrected chi connectivity index (χ2v) is 2.28. The molecular weight excluding hydrogens is 134 g/mol. The number of carbonyl (C=O) groups excluding carboxylic acids is 2. The van der Waals surface area contributed by atoms with E-state index in [2.05, 4.69) is 5.32 Å². The molecule has 1 amide bonds. The van der Waals surface area contributed by atoms with E-state index in [1.165, 1.54) is 0 Å². The first kappa shape index (κ1) is 7.21. The Morgan fingerprint density at radius 2 is 2.30 bits per heavy atom. The highest BCUT2D eigenvalue weighted by Crippen LogP contribution is 2.04. The summed E-state index contributed by atoms with van der Waals surface area (Å²) in [7, 11) is 0. The number of amides is 1. The Balaban J connectivity index is 2.46. The SMILES string of the molecule is O=C1CC(=O)C(CCO)N1. The van der Waals surface area contributed by atoms with E-state index in [-0.39, 0.29) is 24.7 Å². The van der Waals surface area contributed by atoms with Crippen LogP contribution in [0.1, 0.15) is 12.8 Å². The van der Waals surface area contributed by atoms with Crippen LogP contribution in [0.4, 0.5) is 0 Å². The Morgan fingerprint density at radius 1 is 1.60 bits per heavy atom. The fourth-order valence-electron chi connectivity index (χ4n) is 0.970. The maximum Gasteiger partial charge on any atom is 0.228 e. The van der Waals surface area contributed by atoms with Crippen LogP contribution in [0.2, 0.25) is 0 Å². The first-order valence-corrected chi connectivity index (χ1v) is 3.17. The molecule has 2 N–H and O–H groups in total. The molecular formula is C6H9NO3. The summed E-state index contributed by atoms with van der Waals surface area (Å²) in [5, 5.41) is 10.9. The highest BCUT2D eigenvalue weighted by atomic mass is 16.3. The molecule has 0 aliphatic carbocycles. The molecule has 0 bridgehead atoms. The standard InChI is InChI=1S/C6H9NO3/c8-2-1-4-5(9)3-6(10)7-4/h4,8H,1-3H2,(H,7,10). The van der Waals surface area contributed by atoms with Crippen LogP contribution in [0.25, 0.3) is 0 Å². The summed E-state index contributed by atoms with van der Waals surface area (Å²) in [4.78, 5) is 21.3. The molecule has 0 saturated carbocycles. The van der Waals surface area contributed by atoms with Crippen molar-refractivity contribution in [2.24, 2.45) is 0 Å². The summed E-state index contributed by atoms with van der Waals surface area (Å²) >= 11 is 0. The Morgan fingerprint density at radius 3 is 2.70 bits per heavy atom. The molecule has 1 heterocycles. The van der Waals surface area contributed by atoms with E-state index in [0.29, 0.717) is 6.42 Å². The quantitative estimate of drug-likeness (QED) is 0.478. The lowest BCUT2D eigenvalue weighted by Gasteiger charge is -2.03. The van der Waals surface area contributed by atoms with Crippen molar-refractivity contribution < 1.29 is 14.7 Å². The second-order valence-electron chi connectivity index (χ2n) is 2.28. The monoisotopic (exact) mass is 143 g/mol. The van der Waals surface area contributed by atoms with Gasteiger partial charge in [0.25, 0.3) is 0 Å². The van der Waals surface area contributed by atoms with Gasteiger partial charge in [-0.2, -0.15) is 0 Å². The summed E-state index contributed by atoms with van der Waals surface area (Å²) in [5.74, 6) is -0.345. The number of nitrogens with one attached hydrogen (secondary N) is 1. The third-order valence-electron chi connectivity index (χ3n) is 1.48. The van der Waals surface area contributed by atoms with Gasteiger partial charge in [0.15, 0.2) is 5.78 Å². The van der Waals surface area contributed by atoms with E-state index in [1.807, 2.05) is 0 Å². The first-order valence-electron chi connectivity index (χ1n) is 3.17. The van der Waals surface area contributed by atoms with Crippen molar-refractivity contribution in [1.29, 1.82) is 0 Å². The molecule has 0 aromatic carbocycles. The van der Waals surface area contributed by atoms with E-state index < -0.39 is 6.04 Å². The van der Waals surface area contributed by atoms with Gasteiger partial charge in [0.2, 0.25) is 5.91 Å². The maximum atomic E-state index is 10.8. The number of Topliss-reactive ketones (excluding diaryl/α,β-unsaturated/α-hetero) is 1. The van der Waals surface area contributed by atoms with Gasteiger partial charge < -0.3 is 10.4 Å². The van der Waals surface area contributed by atoms with Gasteiger partial charge in [-0.15, -0.1) is 0 Å². The van der Waals surface area contributed by atoms with Gasteiger partial charge >= 0.3 is 0 Å². The highest BCUT2D eigenvalue weighted by Gasteiger charge is 2.28. The van der Waals surface area contributed by atoms with Crippen molar-refractivity contribution in [3.8, 4) is 0 Å². The van der Waals surface area contributed by atoms with Gasteiger partial charge in [-0.1, -0.05) is 0 Å². The van der Waals surface area contributed by atoms with Gasteiger partial charge in [0.1, 0.15) is 0 Å². The van der Waals surface area contributed by atoms with E-state index in [1.54, 1.807) is 0 Å². The normalized spacial score (nSPS) is 25.1. The van der Waals surface area contributed by atoms with E-state index in [4.69, 9.17) is 5.11 Å². The largest absolute Gasteiger partial charge is 0.396 e. The summed E-state index contributed by atoms with van der Waals surface area (Å²) in [6.45, 7) is -0.0588. The van der Waals surface area contributed by atoms with Crippen LogP contribution in [0.3, 0.4) is 0 Å². The maximum absolute atomic E-state index is 10.8. The van der Waals surface area contributed by atoms with E-state index >= 15 is 0 Å². The number of ketones is 1. The van der Waals surface area contributed by atoms with Crippen molar-refractivity contribution in [3.63, 3.8) is 0 Å². The zero-order chi connectivity index (χ0) is 7.56.